The van der Waals surface area contributed by atoms with Gasteiger partial charge in [-0.2, -0.15) is 0 Å². The van der Waals surface area contributed by atoms with Gasteiger partial charge >= 0.3 is 0 Å². The molecule has 17 heteroatoms. The molecule has 4 atom stereocenters. The Balaban J connectivity index is 2.46. The highest BCUT2D eigenvalue weighted by atomic mass is 16.3. The molecule has 270 valence electrons. The van der Waals surface area contributed by atoms with Gasteiger partial charge in [0.1, 0.15) is 29.6 Å². The van der Waals surface area contributed by atoms with Gasteiger partial charge < -0.3 is 64.8 Å². The first kappa shape index (κ1) is 40.2. The van der Waals surface area contributed by atoms with Crippen molar-refractivity contribution in [3.8, 4) is 22.6 Å². The molecule has 0 radical (unpaired) electrons. The minimum absolute atomic E-state index is 0.0872. The summed E-state index contributed by atoms with van der Waals surface area (Å²) in [6.45, 7) is 1.54. The van der Waals surface area contributed by atoms with Crippen molar-refractivity contribution < 1.29 is 34.5 Å². The van der Waals surface area contributed by atoms with Crippen LogP contribution in [0.3, 0.4) is 0 Å². The highest BCUT2D eigenvalue weighted by Crippen LogP contribution is 2.30. The van der Waals surface area contributed by atoms with E-state index in [1.165, 1.54) is 12.1 Å². The molecule has 4 amide bonds. The van der Waals surface area contributed by atoms with Crippen LogP contribution >= 0.6 is 0 Å². The number of rotatable bonds is 20. The van der Waals surface area contributed by atoms with Crippen LogP contribution in [0.15, 0.2) is 36.4 Å². The van der Waals surface area contributed by atoms with Crippen LogP contribution in [0, 0.1) is 12.3 Å². The Bertz CT molecular complexity index is 1440. The highest BCUT2D eigenvalue weighted by molar-refractivity contribution is 5.94. The van der Waals surface area contributed by atoms with E-state index in [2.05, 4.69) is 26.6 Å². The molecule has 0 bridgehead atoms. The van der Waals surface area contributed by atoms with Crippen molar-refractivity contribution in [2.75, 3.05) is 32.7 Å². The van der Waals surface area contributed by atoms with Gasteiger partial charge in [-0.05, 0) is 85.7 Å². The van der Waals surface area contributed by atoms with E-state index in [-0.39, 0.29) is 75.0 Å². The monoisotopic (exact) mass is 686 g/mol. The fourth-order valence-corrected chi connectivity index (χ4v) is 4.80. The van der Waals surface area contributed by atoms with Gasteiger partial charge in [0.15, 0.2) is 5.96 Å². The Hall–Kier alpha value is -4.97. The van der Waals surface area contributed by atoms with Crippen LogP contribution in [-0.4, -0.2) is 102 Å². The van der Waals surface area contributed by atoms with Gasteiger partial charge in [0.05, 0.1) is 12.6 Å². The van der Waals surface area contributed by atoms with Gasteiger partial charge in [0.2, 0.25) is 23.6 Å². The number of carbonyl (C=O) groups is 4. The number of hydrogen-bond donors (Lipinski definition) is 13. The number of carbonyl (C=O) groups excluding carboxylic acids is 4. The zero-order valence-corrected chi connectivity index (χ0v) is 27.6. The molecule has 0 saturated carbocycles. The zero-order chi connectivity index (χ0) is 36.5. The molecule has 0 aliphatic heterocycles. The number of aliphatic hydroxyl groups is 1. The maximum absolute atomic E-state index is 13.9. The third kappa shape index (κ3) is 13.6. The predicted molar refractivity (Wildman–Crippen MR) is 184 cm³/mol. The van der Waals surface area contributed by atoms with E-state index in [1.807, 2.05) is 0 Å². The molecular formula is C32H50N10O7. The minimum Gasteiger partial charge on any atom is -0.508 e. The number of hydrogen-bond acceptors (Lipinski definition) is 11. The average molecular weight is 687 g/mol. The molecule has 2 aromatic rings. The Morgan fingerprint density at radius 1 is 0.796 bits per heavy atom. The van der Waals surface area contributed by atoms with Crippen LogP contribution < -0.4 is 49.5 Å². The van der Waals surface area contributed by atoms with Gasteiger partial charge in [-0.25, -0.2) is 0 Å². The zero-order valence-electron chi connectivity index (χ0n) is 27.6. The van der Waals surface area contributed by atoms with Crippen LogP contribution in [0.5, 0.6) is 11.5 Å². The first-order valence-corrected chi connectivity index (χ1v) is 15.9. The van der Waals surface area contributed by atoms with Crippen molar-refractivity contribution >= 4 is 29.6 Å². The van der Waals surface area contributed by atoms with Gasteiger partial charge in [-0.1, -0.05) is 12.1 Å². The summed E-state index contributed by atoms with van der Waals surface area (Å²) in [5.74, 6) is -3.03. The maximum atomic E-state index is 13.9. The summed E-state index contributed by atoms with van der Waals surface area (Å²) in [4.78, 5) is 52.7. The number of benzene rings is 2. The molecule has 49 heavy (non-hydrogen) atoms. The number of aryl methyl sites for hydroxylation is 1. The SMILES string of the molecule is Cc1cc(-c2ccc(O)c(C[C@H](NC(=O)[C@H](CCCN)NC(=O)CN)C(=O)N[C@@H](CCCNC(=N)N)C(=O)NCC(O)CN)c2)ccc1O. The van der Waals surface area contributed by atoms with E-state index < -0.39 is 47.9 Å². The van der Waals surface area contributed by atoms with Crippen molar-refractivity contribution in [2.45, 2.75) is 63.3 Å². The first-order valence-electron chi connectivity index (χ1n) is 15.9. The van der Waals surface area contributed by atoms with E-state index >= 15 is 0 Å². The average Bonchev–Trinajstić information content (AvgIpc) is 3.07. The molecule has 0 fully saturated rings. The van der Waals surface area contributed by atoms with Gasteiger partial charge in [0.25, 0.3) is 0 Å². The van der Waals surface area contributed by atoms with Crippen LogP contribution in [0.1, 0.15) is 36.8 Å². The molecule has 0 aliphatic rings. The molecule has 2 aromatic carbocycles. The summed E-state index contributed by atoms with van der Waals surface area (Å²) in [6, 6.07) is 6.15. The lowest BCUT2D eigenvalue weighted by Gasteiger charge is -2.26. The number of phenolic OH excluding ortho intramolecular Hbond substituents is 2. The van der Waals surface area contributed by atoms with Gasteiger partial charge in [0, 0.05) is 26.1 Å². The Labute approximate surface area is 285 Å². The second kappa shape index (κ2) is 20.4. The fourth-order valence-electron chi connectivity index (χ4n) is 4.80. The van der Waals surface area contributed by atoms with Crippen LogP contribution in [0.2, 0.25) is 0 Å². The number of nitrogens with two attached hydrogens (primary N) is 4. The summed E-state index contributed by atoms with van der Waals surface area (Å²) in [5.41, 5.74) is 24.2. The number of guanidine groups is 1. The fraction of sp³-hybridized carbons (Fsp3) is 0.469. The van der Waals surface area contributed by atoms with Crippen molar-refractivity contribution in [2.24, 2.45) is 22.9 Å². The number of nitrogens with one attached hydrogen (secondary N) is 6. The highest BCUT2D eigenvalue weighted by Gasteiger charge is 2.30. The van der Waals surface area contributed by atoms with Gasteiger partial charge in [-0.15, -0.1) is 0 Å². The number of amides is 4. The molecule has 0 aliphatic carbocycles. The lowest BCUT2D eigenvalue weighted by atomic mass is 9.96. The number of phenols is 2. The molecule has 0 aromatic heterocycles. The lowest BCUT2D eigenvalue weighted by Crippen LogP contribution is -2.58. The standard InChI is InChI=1S/C32H50N10O7/c1-18-12-19(6-8-26(18)44)20-7-9-27(45)21(13-20)14-25(42-30(48)24(4-2-10-33)40-28(46)16-35)31(49)41-23(5-3-11-38-32(36)37)29(47)39-17-22(43)15-34/h6-9,12-13,22-25,43-45H,2-5,10-11,14-17,33-35H2,1H3,(H,39,47)(H,40,46)(H,41,49)(H,42,48)(H4,36,37,38)/t22?,23-,24-,25-/m0/s1. The molecular weight excluding hydrogens is 636 g/mol. The summed E-state index contributed by atoms with van der Waals surface area (Å²) in [5, 5.41) is 51.0. The number of aliphatic hydroxyl groups excluding tert-OH is 1. The van der Waals surface area contributed by atoms with Crippen molar-refractivity contribution in [3.63, 3.8) is 0 Å². The summed E-state index contributed by atoms with van der Waals surface area (Å²) in [6.07, 6.45) is -0.330. The topological polar surface area (TPSA) is 317 Å². The van der Waals surface area contributed by atoms with Crippen molar-refractivity contribution in [3.05, 3.63) is 47.5 Å². The molecule has 2 rings (SSSR count). The summed E-state index contributed by atoms with van der Waals surface area (Å²) in [7, 11) is 0. The minimum atomic E-state index is -1.36. The van der Waals surface area contributed by atoms with Crippen molar-refractivity contribution in [1.82, 2.24) is 26.6 Å². The Kier molecular flexibility index (Phi) is 16.7. The molecule has 1 unspecified atom stereocenters. The van der Waals surface area contributed by atoms with E-state index in [0.717, 1.165) is 5.56 Å². The second-order valence-corrected chi connectivity index (χ2v) is 11.5. The molecule has 0 heterocycles. The van der Waals surface area contributed by atoms with Crippen LogP contribution in [0.25, 0.3) is 11.1 Å². The Morgan fingerprint density at radius 3 is 2.00 bits per heavy atom. The van der Waals surface area contributed by atoms with E-state index in [1.54, 1.807) is 31.2 Å². The normalized spacial score (nSPS) is 13.3. The third-order valence-electron chi connectivity index (χ3n) is 7.60. The quantitative estimate of drug-likeness (QED) is 0.0390. The molecule has 17 N–H and O–H groups in total. The van der Waals surface area contributed by atoms with Crippen LogP contribution in [0.4, 0.5) is 0 Å². The largest absolute Gasteiger partial charge is 0.508 e. The van der Waals surface area contributed by atoms with Crippen molar-refractivity contribution in [1.29, 1.82) is 5.41 Å². The number of aromatic hydroxyl groups is 2. The molecule has 17 nitrogen and oxygen atoms in total. The third-order valence-corrected chi connectivity index (χ3v) is 7.60. The first-order chi connectivity index (χ1) is 23.3. The molecule has 0 spiro atoms. The predicted octanol–water partition coefficient (Wildman–Crippen LogP) is -2.53. The van der Waals surface area contributed by atoms with Gasteiger partial charge in [-0.3, -0.25) is 24.6 Å². The van der Waals surface area contributed by atoms with Crippen LogP contribution in [-0.2, 0) is 25.6 Å². The lowest BCUT2D eigenvalue weighted by molar-refractivity contribution is -0.133. The smallest absolute Gasteiger partial charge is 0.243 e. The van der Waals surface area contributed by atoms with E-state index in [0.29, 0.717) is 24.0 Å². The van der Waals surface area contributed by atoms with E-state index in [4.69, 9.17) is 28.3 Å². The Morgan fingerprint density at radius 2 is 1.39 bits per heavy atom. The second-order valence-electron chi connectivity index (χ2n) is 11.5. The van der Waals surface area contributed by atoms with E-state index in [9.17, 15) is 34.5 Å². The summed E-state index contributed by atoms with van der Waals surface area (Å²) >= 11 is 0. The summed E-state index contributed by atoms with van der Waals surface area (Å²) < 4.78 is 0. The maximum Gasteiger partial charge on any atom is 0.243 e. The molecule has 0 saturated heterocycles.